The maximum atomic E-state index is 12.8. The molecule has 0 saturated carbocycles. The zero-order valence-corrected chi connectivity index (χ0v) is 22.2. The van der Waals surface area contributed by atoms with Crippen LogP contribution in [0.3, 0.4) is 0 Å². The van der Waals surface area contributed by atoms with Crippen LogP contribution in [0.25, 0.3) is 0 Å². The zero-order chi connectivity index (χ0) is 27.4. The van der Waals surface area contributed by atoms with E-state index < -0.39 is 39.6 Å². The van der Waals surface area contributed by atoms with Gasteiger partial charge in [0.25, 0.3) is 10.1 Å². The number of benzene rings is 3. The lowest BCUT2D eigenvalue weighted by Gasteiger charge is -2.33. The Labute approximate surface area is 217 Å². The van der Waals surface area contributed by atoms with Gasteiger partial charge in [-0.05, 0) is 54.3 Å². The summed E-state index contributed by atoms with van der Waals surface area (Å²) in [6, 6.07) is 18.7. The molecule has 0 aliphatic heterocycles. The van der Waals surface area contributed by atoms with Gasteiger partial charge in [0.1, 0.15) is 6.10 Å². The van der Waals surface area contributed by atoms with Crippen LogP contribution >= 0.6 is 0 Å². The van der Waals surface area contributed by atoms with E-state index in [1.165, 1.54) is 18.2 Å². The van der Waals surface area contributed by atoms with E-state index in [-0.39, 0.29) is 17.1 Å². The molecule has 0 bridgehead atoms. The number of nitrogens with two attached hydrogens (primary N) is 1. The van der Waals surface area contributed by atoms with Gasteiger partial charge in [0, 0.05) is 6.04 Å². The summed E-state index contributed by atoms with van der Waals surface area (Å²) in [5.74, 6) is -1.46. The average Bonchev–Trinajstić information content (AvgIpc) is 2.83. The van der Waals surface area contributed by atoms with Gasteiger partial charge in [-0.25, -0.2) is 9.59 Å². The van der Waals surface area contributed by atoms with E-state index in [2.05, 4.69) is 0 Å². The fraction of sp³-hybridized carbons (Fsp3) is 0.286. The molecule has 2 unspecified atom stereocenters. The Hall–Kier alpha value is -3.53. The number of hydrogen-bond acceptors (Lipinski definition) is 8. The van der Waals surface area contributed by atoms with Crippen LogP contribution in [0.4, 0.5) is 0 Å². The second-order valence-electron chi connectivity index (χ2n) is 9.83. The predicted octanol–water partition coefficient (Wildman–Crippen LogP) is 4.82. The highest BCUT2D eigenvalue weighted by atomic mass is 32.2. The van der Waals surface area contributed by atoms with E-state index >= 15 is 0 Å². The first-order valence-corrected chi connectivity index (χ1v) is 13.4. The van der Waals surface area contributed by atoms with E-state index in [0.29, 0.717) is 11.1 Å². The van der Waals surface area contributed by atoms with Gasteiger partial charge in [-0.2, -0.15) is 8.42 Å². The highest BCUT2D eigenvalue weighted by Gasteiger charge is 2.34. The summed E-state index contributed by atoms with van der Waals surface area (Å²) >= 11 is 0. The Morgan fingerprint density at radius 1 is 0.811 bits per heavy atom. The van der Waals surface area contributed by atoms with Crippen molar-refractivity contribution in [3.05, 3.63) is 95.1 Å². The molecule has 0 spiro atoms. The molecule has 3 rings (SSSR count). The molecule has 2 N–H and O–H groups in total. The third-order valence-corrected chi connectivity index (χ3v) is 6.16. The van der Waals surface area contributed by atoms with Gasteiger partial charge in [0.15, 0.2) is 11.5 Å². The van der Waals surface area contributed by atoms with Gasteiger partial charge < -0.3 is 15.2 Å². The van der Waals surface area contributed by atoms with Gasteiger partial charge in [-0.1, -0.05) is 62.7 Å². The van der Waals surface area contributed by atoms with Crippen molar-refractivity contribution in [1.29, 1.82) is 0 Å². The van der Waals surface area contributed by atoms with E-state index in [9.17, 15) is 18.0 Å². The van der Waals surface area contributed by atoms with Crippen molar-refractivity contribution in [1.82, 2.24) is 0 Å². The van der Waals surface area contributed by atoms with Gasteiger partial charge in [-0.15, -0.1) is 0 Å². The molecular weight excluding hydrogens is 494 g/mol. The van der Waals surface area contributed by atoms with Crippen molar-refractivity contribution in [3.8, 4) is 11.5 Å². The fourth-order valence-electron chi connectivity index (χ4n) is 3.41. The SMILES string of the molecule is Cc1ccc(C(=O)Oc2ccc(C(OS(C)(=O)=O)C(N)C(C)(C)C)cc2OC(=O)c2ccccc2)cc1. The van der Waals surface area contributed by atoms with E-state index in [1.807, 2.05) is 27.7 Å². The van der Waals surface area contributed by atoms with Crippen molar-refractivity contribution >= 4 is 22.1 Å². The lowest BCUT2D eigenvalue weighted by atomic mass is 9.82. The minimum absolute atomic E-state index is 0.0268. The molecular formula is C28H31NO7S. The number of carbonyl (C=O) groups is 2. The Bertz CT molecular complexity index is 1360. The Balaban J connectivity index is 2.05. The van der Waals surface area contributed by atoms with Crippen molar-refractivity contribution in [2.45, 2.75) is 39.8 Å². The maximum absolute atomic E-state index is 12.8. The molecule has 0 heterocycles. The molecule has 0 saturated heterocycles. The van der Waals surface area contributed by atoms with E-state index in [4.69, 9.17) is 19.4 Å². The van der Waals surface area contributed by atoms with Crippen molar-refractivity contribution < 1.29 is 31.7 Å². The lowest BCUT2D eigenvalue weighted by Crippen LogP contribution is -2.42. The molecule has 8 nitrogen and oxygen atoms in total. The molecule has 9 heteroatoms. The average molecular weight is 526 g/mol. The third-order valence-electron chi connectivity index (χ3n) is 5.60. The van der Waals surface area contributed by atoms with Crippen LogP contribution in [0, 0.1) is 12.3 Å². The van der Waals surface area contributed by atoms with Gasteiger partial charge in [0.05, 0.1) is 17.4 Å². The monoisotopic (exact) mass is 525 g/mol. The number of esters is 2. The van der Waals surface area contributed by atoms with Crippen LogP contribution in [0.2, 0.25) is 0 Å². The van der Waals surface area contributed by atoms with E-state index in [1.54, 1.807) is 54.6 Å². The summed E-state index contributed by atoms with van der Waals surface area (Å²) in [5.41, 5.74) is 7.76. The number of carbonyl (C=O) groups excluding carboxylic acids is 2. The Kier molecular flexibility index (Phi) is 8.53. The molecule has 0 aliphatic rings. The third kappa shape index (κ3) is 7.72. The topological polar surface area (TPSA) is 122 Å². The smallest absolute Gasteiger partial charge is 0.343 e. The van der Waals surface area contributed by atoms with Crippen LogP contribution in [0.1, 0.15) is 58.7 Å². The first kappa shape index (κ1) is 28.0. The number of ether oxygens (including phenoxy) is 2. The molecule has 37 heavy (non-hydrogen) atoms. The molecule has 0 aromatic heterocycles. The summed E-state index contributed by atoms with van der Waals surface area (Å²) in [7, 11) is -3.90. The first-order valence-electron chi connectivity index (χ1n) is 11.6. The summed E-state index contributed by atoms with van der Waals surface area (Å²) in [6.07, 6.45) is -0.158. The van der Waals surface area contributed by atoms with Crippen LogP contribution in [-0.2, 0) is 14.3 Å². The van der Waals surface area contributed by atoms with Gasteiger partial charge >= 0.3 is 11.9 Å². The van der Waals surface area contributed by atoms with Crippen molar-refractivity contribution in [2.24, 2.45) is 11.1 Å². The number of rotatable bonds is 8. The van der Waals surface area contributed by atoms with Crippen LogP contribution in [0.5, 0.6) is 11.5 Å². The van der Waals surface area contributed by atoms with Gasteiger partial charge in [-0.3, -0.25) is 4.18 Å². The van der Waals surface area contributed by atoms with Crippen molar-refractivity contribution in [2.75, 3.05) is 6.26 Å². The molecule has 3 aromatic rings. The van der Waals surface area contributed by atoms with Crippen LogP contribution < -0.4 is 15.2 Å². The Morgan fingerprint density at radius 2 is 1.35 bits per heavy atom. The normalized spacial score (nSPS) is 13.5. The van der Waals surface area contributed by atoms with E-state index in [0.717, 1.165) is 11.8 Å². The number of hydrogen-bond donors (Lipinski definition) is 1. The largest absolute Gasteiger partial charge is 0.419 e. The fourth-order valence-corrected chi connectivity index (χ4v) is 4.02. The molecule has 0 fully saturated rings. The molecule has 0 amide bonds. The quantitative estimate of drug-likeness (QED) is 0.252. The molecule has 0 radical (unpaired) electrons. The second kappa shape index (κ2) is 11.2. The van der Waals surface area contributed by atoms with Crippen molar-refractivity contribution in [3.63, 3.8) is 0 Å². The summed E-state index contributed by atoms with van der Waals surface area (Å²) < 4.78 is 40.6. The van der Waals surface area contributed by atoms with Crippen LogP contribution in [-0.4, -0.2) is 32.7 Å². The minimum atomic E-state index is -3.90. The number of aryl methyl sites for hydroxylation is 1. The minimum Gasteiger partial charge on any atom is -0.419 e. The van der Waals surface area contributed by atoms with Crippen LogP contribution in [0.15, 0.2) is 72.8 Å². The van der Waals surface area contributed by atoms with Gasteiger partial charge in [0.2, 0.25) is 0 Å². The highest BCUT2D eigenvalue weighted by Crippen LogP contribution is 2.37. The molecule has 0 aliphatic carbocycles. The molecule has 2 atom stereocenters. The summed E-state index contributed by atoms with van der Waals surface area (Å²) in [5, 5.41) is 0. The zero-order valence-electron chi connectivity index (χ0n) is 21.4. The summed E-state index contributed by atoms with van der Waals surface area (Å²) in [6.45, 7) is 7.45. The standard InChI is InChI=1S/C28H31NO7S/c1-18-11-13-20(14-12-18)27(31)34-22-16-15-21(24(36-37(5,32)33)25(29)28(2,3)4)17-23(22)35-26(30)19-9-7-6-8-10-19/h6-17,24-25H,29H2,1-5H3. The molecule has 196 valence electrons. The first-order chi connectivity index (χ1) is 17.2. The maximum Gasteiger partial charge on any atom is 0.343 e. The molecule has 3 aromatic carbocycles. The summed E-state index contributed by atoms with van der Waals surface area (Å²) in [4.78, 5) is 25.6. The highest BCUT2D eigenvalue weighted by molar-refractivity contribution is 7.86. The second-order valence-corrected chi connectivity index (χ2v) is 11.4. The lowest BCUT2D eigenvalue weighted by molar-refractivity contribution is 0.0681. The Morgan fingerprint density at radius 3 is 1.89 bits per heavy atom. The predicted molar refractivity (Wildman–Crippen MR) is 140 cm³/mol.